The van der Waals surface area contributed by atoms with Crippen LogP contribution in [0.1, 0.15) is 46.1 Å². The fourth-order valence-corrected chi connectivity index (χ4v) is 3.04. The van der Waals surface area contributed by atoms with Crippen molar-refractivity contribution in [3.05, 3.63) is 51.5 Å². The van der Waals surface area contributed by atoms with Crippen LogP contribution in [0.4, 0.5) is 0 Å². The molecule has 2 aromatic rings. The maximum absolute atomic E-state index is 12.8. The van der Waals surface area contributed by atoms with E-state index in [1.54, 1.807) is 24.2 Å². The predicted octanol–water partition coefficient (Wildman–Crippen LogP) is 1.30. The van der Waals surface area contributed by atoms with Crippen LogP contribution in [0.2, 0.25) is 0 Å². The van der Waals surface area contributed by atoms with Gasteiger partial charge in [0.05, 0.1) is 5.56 Å². The summed E-state index contributed by atoms with van der Waals surface area (Å²) in [5.41, 5.74) is 0.340. The molecule has 1 unspecified atom stereocenters. The Labute approximate surface area is 133 Å². The van der Waals surface area contributed by atoms with Crippen LogP contribution in [-0.2, 0) is 0 Å². The third-order valence-corrected chi connectivity index (χ3v) is 4.31. The fourth-order valence-electron chi connectivity index (χ4n) is 3.04. The van der Waals surface area contributed by atoms with E-state index in [4.69, 9.17) is 5.26 Å². The van der Waals surface area contributed by atoms with E-state index < -0.39 is 5.56 Å². The van der Waals surface area contributed by atoms with Crippen LogP contribution < -0.4 is 5.56 Å². The first-order chi connectivity index (χ1) is 11.1. The van der Waals surface area contributed by atoms with E-state index in [1.165, 1.54) is 6.20 Å². The molecule has 2 N–H and O–H groups in total. The highest BCUT2D eigenvalue weighted by Crippen LogP contribution is 2.25. The molecule has 0 aliphatic carbocycles. The van der Waals surface area contributed by atoms with Crippen LogP contribution in [0.5, 0.6) is 0 Å². The van der Waals surface area contributed by atoms with Crippen LogP contribution >= 0.6 is 0 Å². The lowest BCUT2D eigenvalue weighted by atomic mass is 9.96. The molecule has 1 atom stereocenters. The monoisotopic (exact) mass is 311 g/mol. The number of rotatable bonds is 2. The number of aromatic nitrogens is 3. The van der Waals surface area contributed by atoms with Crippen LogP contribution in [-0.4, -0.2) is 38.8 Å². The van der Waals surface area contributed by atoms with E-state index >= 15 is 0 Å². The van der Waals surface area contributed by atoms with Gasteiger partial charge in [-0.1, -0.05) is 0 Å². The molecule has 7 heteroatoms. The van der Waals surface area contributed by atoms with Gasteiger partial charge >= 0.3 is 0 Å². The number of amides is 1. The van der Waals surface area contributed by atoms with Crippen molar-refractivity contribution in [3.63, 3.8) is 0 Å². The predicted molar refractivity (Wildman–Crippen MR) is 83.0 cm³/mol. The van der Waals surface area contributed by atoms with Gasteiger partial charge in [-0.05, 0) is 25.3 Å². The highest BCUT2D eigenvalue weighted by atomic mass is 16.2. The molecule has 0 saturated carbocycles. The molecule has 23 heavy (non-hydrogen) atoms. The van der Waals surface area contributed by atoms with E-state index in [0.717, 1.165) is 18.7 Å². The maximum Gasteiger partial charge on any atom is 0.266 e. The minimum Gasteiger partial charge on any atom is -0.348 e. The van der Waals surface area contributed by atoms with Crippen molar-refractivity contribution in [1.29, 1.82) is 5.26 Å². The molecule has 0 aromatic carbocycles. The van der Waals surface area contributed by atoms with Crippen LogP contribution in [0.15, 0.2) is 23.4 Å². The largest absolute Gasteiger partial charge is 0.348 e. The number of piperidine rings is 1. The summed E-state index contributed by atoms with van der Waals surface area (Å²) in [4.78, 5) is 36.0. The van der Waals surface area contributed by atoms with Crippen molar-refractivity contribution < 1.29 is 4.79 Å². The molecular formula is C16H17N5O2. The summed E-state index contributed by atoms with van der Waals surface area (Å²) in [7, 11) is 0. The summed E-state index contributed by atoms with van der Waals surface area (Å²) in [6.07, 6.45) is 6.76. The molecule has 0 bridgehead atoms. The summed E-state index contributed by atoms with van der Waals surface area (Å²) < 4.78 is 0. The molecular weight excluding hydrogens is 294 g/mol. The summed E-state index contributed by atoms with van der Waals surface area (Å²) in [5.74, 6) is 0.908. The minimum absolute atomic E-state index is 0.00422. The van der Waals surface area contributed by atoms with Crippen LogP contribution in [0.3, 0.4) is 0 Å². The lowest BCUT2D eigenvalue weighted by Gasteiger charge is -2.32. The first-order valence-electron chi connectivity index (χ1n) is 7.52. The first-order valence-corrected chi connectivity index (χ1v) is 7.52. The van der Waals surface area contributed by atoms with Crippen molar-refractivity contribution in [3.8, 4) is 6.07 Å². The molecule has 1 aliphatic rings. The number of nitriles is 1. The zero-order chi connectivity index (χ0) is 16.4. The minimum atomic E-state index is -0.464. The van der Waals surface area contributed by atoms with Crippen molar-refractivity contribution in [2.45, 2.75) is 25.7 Å². The molecule has 1 aliphatic heterocycles. The molecule has 7 nitrogen and oxygen atoms in total. The van der Waals surface area contributed by atoms with Gasteiger partial charge in [0.1, 0.15) is 17.5 Å². The van der Waals surface area contributed by atoms with E-state index in [0.29, 0.717) is 24.2 Å². The smallest absolute Gasteiger partial charge is 0.266 e. The zero-order valence-electron chi connectivity index (χ0n) is 12.8. The summed E-state index contributed by atoms with van der Waals surface area (Å²) >= 11 is 0. The van der Waals surface area contributed by atoms with Gasteiger partial charge in [0.25, 0.3) is 11.5 Å². The van der Waals surface area contributed by atoms with Gasteiger partial charge < -0.3 is 14.9 Å². The Morgan fingerprint density at radius 3 is 3.00 bits per heavy atom. The van der Waals surface area contributed by atoms with Crippen LogP contribution in [0, 0.1) is 18.3 Å². The SMILES string of the molecule is Cc1c(C(=O)N2CCCC(c3ncc[nH]3)C2)c[nH]c(=O)c1C#N. The Kier molecular flexibility index (Phi) is 3.98. The quantitative estimate of drug-likeness (QED) is 0.871. The Bertz CT molecular complexity index is 816. The number of hydrogen-bond donors (Lipinski definition) is 2. The highest BCUT2D eigenvalue weighted by Gasteiger charge is 2.28. The summed E-state index contributed by atoms with van der Waals surface area (Å²) in [6, 6.07) is 1.86. The van der Waals surface area contributed by atoms with Crippen molar-refractivity contribution >= 4 is 5.91 Å². The molecule has 1 amide bonds. The maximum atomic E-state index is 12.8. The number of hydrogen-bond acceptors (Lipinski definition) is 4. The third kappa shape index (κ3) is 2.75. The van der Waals surface area contributed by atoms with Gasteiger partial charge in [-0.15, -0.1) is 0 Å². The molecule has 3 heterocycles. The van der Waals surface area contributed by atoms with E-state index in [-0.39, 0.29) is 17.4 Å². The molecule has 3 rings (SSSR count). The number of nitrogens with zero attached hydrogens (tertiary/aromatic N) is 3. The Morgan fingerprint density at radius 2 is 2.30 bits per heavy atom. The fraction of sp³-hybridized carbons (Fsp3) is 0.375. The lowest BCUT2D eigenvalue weighted by Crippen LogP contribution is -2.40. The number of nitrogens with one attached hydrogen (secondary N) is 2. The van der Waals surface area contributed by atoms with Crippen molar-refractivity contribution in [1.82, 2.24) is 19.9 Å². The number of likely N-dealkylation sites (tertiary alicyclic amines) is 1. The Morgan fingerprint density at radius 1 is 1.48 bits per heavy atom. The Hall–Kier alpha value is -2.88. The topological polar surface area (TPSA) is 106 Å². The van der Waals surface area contributed by atoms with Crippen molar-refractivity contribution in [2.75, 3.05) is 13.1 Å². The van der Waals surface area contributed by atoms with E-state index in [2.05, 4.69) is 15.0 Å². The third-order valence-electron chi connectivity index (χ3n) is 4.31. The first kappa shape index (κ1) is 15.0. The van der Waals surface area contributed by atoms with E-state index in [1.807, 2.05) is 6.07 Å². The number of H-pyrrole nitrogens is 2. The number of carbonyl (C=O) groups is 1. The van der Waals surface area contributed by atoms with E-state index in [9.17, 15) is 9.59 Å². The number of pyridine rings is 1. The number of carbonyl (C=O) groups excluding carboxylic acids is 1. The lowest BCUT2D eigenvalue weighted by molar-refractivity contribution is 0.0703. The summed E-state index contributed by atoms with van der Waals surface area (Å²) in [5, 5.41) is 9.08. The van der Waals surface area contributed by atoms with Gasteiger partial charge in [-0.2, -0.15) is 5.26 Å². The standard InChI is InChI=1S/C16H17N5O2/c1-10-12(7-17)15(22)20-8-13(10)16(23)21-6-2-3-11(9-21)14-18-4-5-19-14/h4-5,8,11H,2-3,6,9H2,1H3,(H,18,19)(H,20,22). The second-order valence-corrected chi connectivity index (χ2v) is 5.71. The average Bonchev–Trinajstić information content (AvgIpc) is 3.09. The molecule has 118 valence electrons. The molecule has 2 aromatic heterocycles. The van der Waals surface area contributed by atoms with Gasteiger partial charge in [-0.25, -0.2) is 4.98 Å². The number of imidazole rings is 1. The second kappa shape index (κ2) is 6.08. The van der Waals surface area contributed by atoms with Crippen molar-refractivity contribution in [2.24, 2.45) is 0 Å². The van der Waals surface area contributed by atoms with Gasteiger partial charge in [0.15, 0.2) is 0 Å². The number of aromatic amines is 2. The average molecular weight is 311 g/mol. The van der Waals surface area contributed by atoms with Crippen LogP contribution in [0.25, 0.3) is 0 Å². The molecule has 0 spiro atoms. The van der Waals surface area contributed by atoms with Gasteiger partial charge in [-0.3, -0.25) is 9.59 Å². The normalized spacial score (nSPS) is 17.7. The Balaban J connectivity index is 1.86. The molecule has 1 saturated heterocycles. The molecule has 1 fully saturated rings. The second-order valence-electron chi connectivity index (χ2n) is 5.71. The highest BCUT2D eigenvalue weighted by molar-refractivity contribution is 5.96. The molecule has 0 radical (unpaired) electrons. The summed E-state index contributed by atoms with van der Waals surface area (Å²) in [6.45, 7) is 2.87. The van der Waals surface area contributed by atoms with Gasteiger partial charge in [0, 0.05) is 37.6 Å². The van der Waals surface area contributed by atoms with Gasteiger partial charge in [0.2, 0.25) is 0 Å². The zero-order valence-corrected chi connectivity index (χ0v) is 12.8.